The van der Waals surface area contributed by atoms with Crippen LogP contribution in [0.15, 0.2) is 53.0 Å². The van der Waals surface area contributed by atoms with Crippen LogP contribution in [0.3, 0.4) is 0 Å². The minimum atomic E-state index is -0.231. The Labute approximate surface area is 187 Å². The van der Waals surface area contributed by atoms with Gasteiger partial charge in [0.2, 0.25) is 0 Å². The lowest BCUT2D eigenvalue weighted by molar-refractivity contribution is 0.0976. The summed E-state index contributed by atoms with van der Waals surface area (Å²) in [5.74, 6) is 0.482. The zero-order valence-electron chi connectivity index (χ0n) is 16.9. The first-order valence-electron chi connectivity index (χ1n) is 10.2. The molecule has 0 saturated carbocycles. The van der Waals surface area contributed by atoms with Crippen LogP contribution >= 0.6 is 28.1 Å². The molecule has 6 heteroatoms. The minimum Gasteiger partial charge on any atom is -0.492 e. The molecule has 0 aliphatic rings. The molecule has 156 valence electrons. The lowest BCUT2D eigenvalue weighted by Crippen LogP contribution is -2.39. The van der Waals surface area contributed by atoms with Crippen molar-refractivity contribution in [3.05, 3.63) is 64.1 Å². The first-order valence-corrected chi connectivity index (χ1v) is 11.4. The number of carbonyl (C=O) groups excluding carboxylic acids is 1. The summed E-state index contributed by atoms with van der Waals surface area (Å²) < 4.78 is 6.58. The van der Waals surface area contributed by atoms with Crippen molar-refractivity contribution in [2.75, 3.05) is 13.2 Å². The lowest BCUT2D eigenvalue weighted by Gasteiger charge is -2.12. The van der Waals surface area contributed by atoms with E-state index in [1.807, 2.05) is 18.2 Å². The highest BCUT2D eigenvalue weighted by Crippen LogP contribution is 2.26. The van der Waals surface area contributed by atoms with Gasteiger partial charge in [-0.2, -0.15) is 0 Å². The molecule has 0 radical (unpaired) electrons. The summed E-state index contributed by atoms with van der Waals surface area (Å²) >= 11 is 8.70. The van der Waals surface area contributed by atoms with E-state index in [-0.39, 0.29) is 5.91 Å². The van der Waals surface area contributed by atoms with Crippen molar-refractivity contribution < 1.29 is 9.53 Å². The molecule has 0 aliphatic carbocycles. The second kappa shape index (κ2) is 13.3. The number of thiocarbonyl (C=S) groups is 1. The Balaban J connectivity index is 1.75. The lowest BCUT2D eigenvalue weighted by atomic mass is 10.1. The van der Waals surface area contributed by atoms with Gasteiger partial charge in [0.25, 0.3) is 5.91 Å². The van der Waals surface area contributed by atoms with Crippen LogP contribution in [0.4, 0.5) is 0 Å². The minimum absolute atomic E-state index is 0.231. The van der Waals surface area contributed by atoms with E-state index in [0.717, 1.165) is 23.9 Å². The smallest absolute Gasteiger partial charge is 0.257 e. The largest absolute Gasteiger partial charge is 0.492 e. The van der Waals surface area contributed by atoms with E-state index in [4.69, 9.17) is 17.0 Å². The average Bonchev–Trinajstić information content (AvgIpc) is 2.72. The molecule has 0 unspecified atom stereocenters. The van der Waals surface area contributed by atoms with E-state index < -0.39 is 0 Å². The predicted octanol–water partition coefficient (Wildman–Crippen LogP) is 5.65. The Bertz CT molecular complexity index is 784. The molecule has 0 bridgehead atoms. The van der Waals surface area contributed by atoms with Crippen molar-refractivity contribution in [2.45, 2.75) is 45.4 Å². The van der Waals surface area contributed by atoms with Crippen LogP contribution in [0.5, 0.6) is 5.75 Å². The van der Waals surface area contributed by atoms with Crippen LogP contribution in [0.25, 0.3) is 0 Å². The van der Waals surface area contributed by atoms with Crippen LogP contribution in [0.2, 0.25) is 0 Å². The van der Waals surface area contributed by atoms with Crippen LogP contribution in [0.1, 0.15) is 54.9 Å². The Hall–Kier alpha value is -1.92. The third-order valence-electron chi connectivity index (χ3n) is 4.48. The number of carbonyl (C=O) groups is 1. The van der Waals surface area contributed by atoms with Gasteiger partial charge in [0.05, 0.1) is 11.1 Å². The average molecular weight is 477 g/mol. The predicted molar refractivity (Wildman–Crippen MR) is 127 cm³/mol. The van der Waals surface area contributed by atoms with Gasteiger partial charge in [0.1, 0.15) is 5.75 Å². The second-order valence-corrected chi connectivity index (χ2v) is 8.12. The molecule has 2 aromatic rings. The number of hydrogen-bond acceptors (Lipinski definition) is 3. The highest BCUT2D eigenvalue weighted by molar-refractivity contribution is 9.10. The number of halogens is 1. The van der Waals surface area contributed by atoms with E-state index in [2.05, 4.69) is 45.6 Å². The molecule has 0 atom stereocenters. The fourth-order valence-corrected chi connectivity index (χ4v) is 3.52. The maximum atomic E-state index is 12.4. The Morgan fingerprint density at radius 2 is 1.83 bits per heavy atom. The van der Waals surface area contributed by atoms with E-state index in [9.17, 15) is 4.79 Å². The number of nitrogens with one attached hydrogen (secondary N) is 2. The molecule has 0 aliphatic heterocycles. The summed E-state index contributed by atoms with van der Waals surface area (Å²) in [5.41, 5.74) is 1.75. The normalized spacial score (nSPS) is 10.4. The second-order valence-electron chi connectivity index (χ2n) is 6.85. The number of rotatable bonds is 11. The number of unbranched alkanes of at least 4 members (excludes halogenated alkanes) is 4. The molecule has 0 aromatic heterocycles. The molecule has 1 amide bonds. The molecular weight excluding hydrogens is 448 g/mol. The van der Waals surface area contributed by atoms with Crippen LogP contribution < -0.4 is 15.4 Å². The van der Waals surface area contributed by atoms with Gasteiger partial charge in [-0.1, -0.05) is 62.9 Å². The van der Waals surface area contributed by atoms with Gasteiger partial charge in [-0.05, 0) is 58.3 Å². The first-order chi connectivity index (χ1) is 14.1. The maximum Gasteiger partial charge on any atom is 0.257 e. The van der Waals surface area contributed by atoms with Gasteiger partial charge in [-0.25, -0.2) is 0 Å². The monoisotopic (exact) mass is 476 g/mol. The number of amides is 1. The fourth-order valence-electron chi connectivity index (χ4n) is 2.83. The third kappa shape index (κ3) is 8.96. The standard InChI is InChI=1S/C23H29BrN2O2S/c1-2-3-4-5-9-15-25-23(29)26-22(27)19-12-13-21(20(24)17-19)28-16-14-18-10-7-6-8-11-18/h6-8,10-13,17H,2-5,9,14-16H2,1H3,(H2,25,26,27,29). The first kappa shape index (κ1) is 23.4. The molecule has 0 spiro atoms. The van der Waals surface area contributed by atoms with Crippen molar-refractivity contribution in [2.24, 2.45) is 0 Å². The number of benzene rings is 2. The molecule has 2 N–H and O–H groups in total. The van der Waals surface area contributed by atoms with E-state index in [1.165, 1.54) is 31.2 Å². The van der Waals surface area contributed by atoms with Gasteiger partial charge in [0.15, 0.2) is 5.11 Å². The van der Waals surface area contributed by atoms with E-state index in [0.29, 0.717) is 23.0 Å². The summed E-state index contributed by atoms with van der Waals surface area (Å²) in [6, 6.07) is 15.5. The molecule has 0 fully saturated rings. The molecule has 29 heavy (non-hydrogen) atoms. The van der Waals surface area contributed by atoms with Crippen LogP contribution in [-0.4, -0.2) is 24.2 Å². The maximum absolute atomic E-state index is 12.4. The summed E-state index contributed by atoms with van der Waals surface area (Å²) in [7, 11) is 0. The molecule has 2 rings (SSSR count). The van der Waals surface area contributed by atoms with Gasteiger partial charge in [-0.15, -0.1) is 0 Å². The zero-order chi connectivity index (χ0) is 20.9. The summed E-state index contributed by atoms with van der Waals surface area (Å²) in [6.07, 6.45) is 6.79. The van der Waals surface area contributed by atoms with E-state index >= 15 is 0 Å². The van der Waals surface area contributed by atoms with Crippen molar-refractivity contribution in [1.29, 1.82) is 0 Å². The Morgan fingerprint density at radius 3 is 2.55 bits per heavy atom. The van der Waals surface area contributed by atoms with E-state index in [1.54, 1.807) is 18.2 Å². The summed E-state index contributed by atoms with van der Waals surface area (Å²) in [4.78, 5) is 12.4. The van der Waals surface area contributed by atoms with Crippen molar-refractivity contribution in [1.82, 2.24) is 10.6 Å². The molecular formula is C23H29BrN2O2S. The quantitative estimate of drug-likeness (QED) is 0.325. The van der Waals surface area contributed by atoms with Crippen LogP contribution in [-0.2, 0) is 6.42 Å². The highest BCUT2D eigenvalue weighted by atomic mass is 79.9. The molecule has 0 saturated heterocycles. The van der Waals surface area contributed by atoms with Gasteiger partial charge < -0.3 is 10.1 Å². The molecule has 4 nitrogen and oxygen atoms in total. The summed E-state index contributed by atoms with van der Waals surface area (Å²) in [5, 5.41) is 6.19. The van der Waals surface area contributed by atoms with Gasteiger partial charge >= 0.3 is 0 Å². The molecule has 0 heterocycles. The number of ether oxygens (including phenoxy) is 1. The van der Waals surface area contributed by atoms with Crippen LogP contribution in [0, 0.1) is 0 Å². The highest BCUT2D eigenvalue weighted by Gasteiger charge is 2.11. The van der Waals surface area contributed by atoms with Crippen molar-refractivity contribution in [3.63, 3.8) is 0 Å². The molecule has 2 aromatic carbocycles. The van der Waals surface area contributed by atoms with Gasteiger partial charge in [0, 0.05) is 18.5 Å². The SMILES string of the molecule is CCCCCCCNC(=S)NC(=O)c1ccc(OCCc2ccccc2)c(Br)c1. The van der Waals surface area contributed by atoms with Gasteiger partial charge in [-0.3, -0.25) is 10.1 Å². The summed E-state index contributed by atoms with van der Waals surface area (Å²) in [6.45, 7) is 3.55. The van der Waals surface area contributed by atoms with Crippen molar-refractivity contribution >= 4 is 39.2 Å². The third-order valence-corrected chi connectivity index (χ3v) is 5.34. The topological polar surface area (TPSA) is 50.4 Å². The zero-order valence-corrected chi connectivity index (χ0v) is 19.3. The Kier molecular flexibility index (Phi) is 10.7. The fraction of sp³-hybridized carbons (Fsp3) is 0.391. The Morgan fingerprint density at radius 1 is 1.07 bits per heavy atom. The van der Waals surface area contributed by atoms with Crippen molar-refractivity contribution in [3.8, 4) is 5.75 Å². The number of hydrogen-bond donors (Lipinski definition) is 2.